The van der Waals surface area contributed by atoms with E-state index in [1.165, 1.54) is 0 Å². The monoisotopic (exact) mass is 282 g/mol. The van der Waals surface area contributed by atoms with Gasteiger partial charge in [0, 0.05) is 17.7 Å². The Labute approximate surface area is 124 Å². The van der Waals surface area contributed by atoms with Crippen molar-refractivity contribution in [2.75, 3.05) is 7.11 Å². The van der Waals surface area contributed by atoms with Gasteiger partial charge in [-0.05, 0) is 30.7 Å². The largest absolute Gasteiger partial charge is 0.497 e. The fourth-order valence-electron chi connectivity index (χ4n) is 1.91. The van der Waals surface area contributed by atoms with Crippen LogP contribution in [0.25, 0.3) is 0 Å². The van der Waals surface area contributed by atoms with Crippen LogP contribution in [0, 0.1) is 0 Å². The Hall–Kier alpha value is -2.62. The van der Waals surface area contributed by atoms with Gasteiger partial charge in [-0.3, -0.25) is 4.79 Å². The molecule has 0 radical (unpaired) electrons. The summed E-state index contributed by atoms with van der Waals surface area (Å²) in [5, 5.41) is 4.13. The van der Waals surface area contributed by atoms with Gasteiger partial charge in [0.2, 0.25) is 0 Å². The van der Waals surface area contributed by atoms with Gasteiger partial charge in [0.05, 0.1) is 7.11 Å². The number of hydrogen-bond donors (Lipinski definition) is 1. The highest BCUT2D eigenvalue weighted by Gasteiger charge is 2.05. The number of ether oxygens (including phenoxy) is 1. The van der Waals surface area contributed by atoms with Crippen LogP contribution in [0.5, 0.6) is 5.75 Å². The lowest BCUT2D eigenvalue weighted by molar-refractivity contribution is 0.0954. The number of hydrazone groups is 1. The third-order valence-corrected chi connectivity index (χ3v) is 2.98. The Kier molecular flexibility index (Phi) is 5.10. The summed E-state index contributed by atoms with van der Waals surface area (Å²) >= 11 is 0. The minimum atomic E-state index is -0.249. The van der Waals surface area contributed by atoms with Crippen molar-refractivity contribution < 1.29 is 9.53 Å². The molecule has 0 aliphatic rings. The molecule has 0 aliphatic carbocycles. The van der Waals surface area contributed by atoms with Crippen LogP contribution in [-0.2, 0) is 6.42 Å². The fraction of sp³-hybridized carbons (Fsp3) is 0.176. The van der Waals surface area contributed by atoms with E-state index in [0.29, 0.717) is 17.7 Å². The molecule has 0 saturated heterocycles. The molecule has 2 aromatic carbocycles. The van der Waals surface area contributed by atoms with Crippen molar-refractivity contribution in [1.29, 1.82) is 0 Å². The number of hydrogen-bond acceptors (Lipinski definition) is 3. The maximum absolute atomic E-state index is 12.0. The van der Waals surface area contributed by atoms with Crippen LogP contribution in [0.2, 0.25) is 0 Å². The van der Waals surface area contributed by atoms with E-state index < -0.39 is 0 Å². The Morgan fingerprint density at radius 2 is 1.90 bits per heavy atom. The van der Waals surface area contributed by atoms with Crippen molar-refractivity contribution in [3.8, 4) is 5.75 Å². The Morgan fingerprint density at radius 3 is 2.62 bits per heavy atom. The summed E-state index contributed by atoms with van der Waals surface area (Å²) in [6.07, 6.45) is 0.708. The summed E-state index contributed by atoms with van der Waals surface area (Å²) in [5.74, 6) is 0.397. The molecule has 0 aromatic heterocycles. The van der Waals surface area contributed by atoms with Crippen LogP contribution >= 0.6 is 0 Å². The number of benzene rings is 2. The smallest absolute Gasteiger partial charge is 0.271 e. The summed E-state index contributed by atoms with van der Waals surface area (Å²) in [6, 6.07) is 17.0. The summed E-state index contributed by atoms with van der Waals surface area (Å²) in [5.41, 5.74) is 5.09. The third kappa shape index (κ3) is 4.45. The molecule has 0 spiro atoms. The second kappa shape index (κ2) is 7.24. The molecular weight excluding hydrogens is 264 g/mol. The van der Waals surface area contributed by atoms with E-state index in [1.54, 1.807) is 31.4 Å². The maximum Gasteiger partial charge on any atom is 0.271 e. The van der Waals surface area contributed by atoms with Crippen molar-refractivity contribution in [2.45, 2.75) is 13.3 Å². The average molecular weight is 282 g/mol. The topological polar surface area (TPSA) is 50.7 Å². The number of nitrogens with zero attached hydrogens (tertiary/aromatic N) is 1. The number of rotatable bonds is 5. The van der Waals surface area contributed by atoms with Crippen molar-refractivity contribution in [3.63, 3.8) is 0 Å². The van der Waals surface area contributed by atoms with E-state index in [-0.39, 0.29) is 5.91 Å². The van der Waals surface area contributed by atoms with E-state index in [2.05, 4.69) is 10.5 Å². The van der Waals surface area contributed by atoms with Crippen molar-refractivity contribution in [3.05, 3.63) is 65.7 Å². The second-order valence-electron chi connectivity index (χ2n) is 4.68. The molecular formula is C17H18N2O2. The zero-order valence-corrected chi connectivity index (χ0v) is 12.2. The lowest BCUT2D eigenvalue weighted by Crippen LogP contribution is -2.19. The molecule has 2 rings (SSSR count). The molecule has 0 aliphatic heterocycles. The van der Waals surface area contributed by atoms with Gasteiger partial charge >= 0.3 is 0 Å². The van der Waals surface area contributed by atoms with Gasteiger partial charge in [-0.1, -0.05) is 36.4 Å². The molecule has 0 saturated carbocycles. The highest BCUT2D eigenvalue weighted by Crippen LogP contribution is 2.12. The Balaban J connectivity index is 1.97. The van der Waals surface area contributed by atoms with Gasteiger partial charge in [0.15, 0.2) is 0 Å². The first-order chi connectivity index (χ1) is 10.2. The first kappa shape index (κ1) is 14.8. The van der Waals surface area contributed by atoms with E-state index in [0.717, 1.165) is 11.3 Å². The van der Waals surface area contributed by atoms with E-state index in [9.17, 15) is 4.79 Å². The minimum absolute atomic E-state index is 0.249. The zero-order valence-electron chi connectivity index (χ0n) is 12.2. The second-order valence-corrected chi connectivity index (χ2v) is 4.68. The normalized spacial score (nSPS) is 11.0. The lowest BCUT2D eigenvalue weighted by atomic mass is 10.1. The van der Waals surface area contributed by atoms with Gasteiger partial charge in [-0.15, -0.1) is 0 Å². The highest BCUT2D eigenvalue weighted by atomic mass is 16.5. The van der Waals surface area contributed by atoms with E-state index >= 15 is 0 Å². The first-order valence-corrected chi connectivity index (χ1v) is 6.70. The number of amides is 1. The van der Waals surface area contributed by atoms with E-state index in [1.807, 2.05) is 37.3 Å². The van der Waals surface area contributed by atoms with Gasteiger partial charge in [-0.2, -0.15) is 5.10 Å². The number of carbonyl (C=O) groups excluding carboxylic acids is 1. The molecule has 0 unspecified atom stereocenters. The average Bonchev–Trinajstić information content (AvgIpc) is 2.53. The number of carbonyl (C=O) groups is 1. The van der Waals surface area contributed by atoms with Crippen LogP contribution < -0.4 is 10.2 Å². The standard InChI is InChI=1S/C17H18N2O2/c1-13(11-14-7-4-3-5-8-14)18-19-17(20)15-9-6-10-16(12-15)21-2/h3-10,12H,11H2,1-2H3,(H,19,20). The predicted octanol–water partition coefficient (Wildman–Crippen LogP) is 3.04. The van der Waals surface area contributed by atoms with Gasteiger partial charge in [-0.25, -0.2) is 5.43 Å². The fourth-order valence-corrected chi connectivity index (χ4v) is 1.91. The van der Waals surface area contributed by atoms with Crippen molar-refractivity contribution in [1.82, 2.24) is 5.43 Å². The predicted molar refractivity (Wildman–Crippen MR) is 83.7 cm³/mol. The summed E-state index contributed by atoms with van der Waals surface area (Å²) < 4.78 is 5.09. The molecule has 4 nitrogen and oxygen atoms in total. The Morgan fingerprint density at radius 1 is 1.14 bits per heavy atom. The quantitative estimate of drug-likeness (QED) is 0.677. The molecule has 0 bridgehead atoms. The molecule has 108 valence electrons. The summed E-state index contributed by atoms with van der Waals surface area (Å²) in [7, 11) is 1.57. The number of nitrogens with one attached hydrogen (secondary N) is 1. The zero-order chi connectivity index (χ0) is 15.1. The molecule has 0 fully saturated rings. The number of methoxy groups -OCH3 is 1. The van der Waals surface area contributed by atoms with Crippen LogP contribution in [0.4, 0.5) is 0 Å². The van der Waals surface area contributed by atoms with E-state index in [4.69, 9.17) is 4.74 Å². The van der Waals surface area contributed by atoms with Crippen LogP contribution in [0.15, 0.2) is 59.7 Å². The SMILES string of the molecule is COc1cccc(C(=O)NN=C(C)Cc2ccccc2)c1. The minimum Gasteiger partial charge on any atom is -0.497 e. The first-order valence-electron chi connectivity index (χ1n) is 6.70. The molecule has 2 aromatic rings. The van der Waals surface area contributed by atoms with Crippen LogP contribution in [0.1, 0.15) is 22.8 Å². The van der Waals surface area contributed by atoms with Crippen molar-refractivity contribution in [2.24, 2.45) is 5.10 Å². The molecule has 1 amide bonds. The van der Waals surface area contributed by atoms with Crippen LogP contribution in [0.3, 0.4) is 0 Å². The maximum atomic E-state index is 12.0. The highest BCUT2D eigenvalue weighted by molar-refractivity contribution is 5.95. The van der Waals surface area contributed by atoms with Crippen LogP contribution in [-0.4, -0.2) is 18.7 Å². The Bertz CT molecular complexity index is 636. The summed E-state index contributed by atoms with van der Waals surface area (Å²) in [4.78, 5) is 12.0. The third-order valence-electron chi connectivity index (χ3n) is 2.98. The van der Waals surface area contributed by atoms with Gasteiger partial charge in [0.1, 0.15) is 5.75 Å². The molecule has 0 heterocycles. The molecule has 0 atom stereocenters. The molecule has 1 N–H and O–H groups in total. The molecule has 4 heteroatoms. The molecule has 21 heavy (non-hydrogen) atoms. The lowest BCUT2D eigenvalue weighted by Gasteiger charge is -2.05. The summed E-state index contributed by atoms with van der Waals surface area (Å²) in [6.45, 7) is 1.89. The van der Waals surface area contributed by atoms with Crippen molar-refractivity contribution >= 4 is 11.6 Å². The van der Waals surface area contributed by atoms with Gasteiger partial charge < -0.3 is 4.74 Å². The van der Waals surface area contributed by atoms with Gasteiger partial charge in [0.25, 0.3) is 5.91 Å².